The number of benzene rings is 1. The van der Waals surface area contributed by atoms with Crippen LogP contribution in [-0.4, -0.2) is 18.0 Å². The summed E-state index contributed by atoms with van der Waals surface area (Å²) in [5.41, 5.74) is 0.971. The van der Waals surface area contributed by atoms with Crippen molar-refractivity contribution in [2.75, 3.05) is 0 Å². The fourth-order valence-corrected chi connectivity index (χ4v) is 4.13. The average Bonchev–Trinajstić information content (AvgIpc) is 2.92. The van der Waals surface area contributed by atoms with Crippen LogP contribution in [0, 0.1) is 6.92 Å². The van der Waals surface area contributed by atoms with Crippen molar-refractivity contribution < 1.29 is 8.42 Å². The van der Waals surface area contributed by atoms with Crippen molar-refractivity contribution in [3.05, 3.63) is 56.9 Å². The largest absolute Gasteiger partial charge is 0.341 e. The summed E-state index contributed by atoms with van der Waals surface area (Å²) < 4.78 is 27.4. The summed E-state index contributed by atoms with van der Waals surface area (Å²) in [7, 11) is -2.08. The maximum absolute atomic E-state index is 12.7. The number of nitrogens with one attached hydrogen (secondary N) is 1. The molecule has 0 atom stereocenters. The molecule has 0 amide bonds. The van der Waals surface area contributed by atoms with Gasteiger partial charge in [-0.05, 0) is 41.1 Å². The normalized spacial score (nSPS) is 12.0. The molecule has 7 heteroatoms. The lowest BCUT2D eigenvalue weighted by Gasteiger charge is -2.02. The first kappa shape index (κ1) is 15.1. The SMILES string of the molecule is Cc1ccc(S(=O)(=O)c2cc3c(Br)cn(C)c(=O)c3[nH]2)cc1. The van der Waals surface area contributed by atoms with Gasteiger partial charge in [0.25, 0.3) is 5.56 Å². The van der Waals surface area contributed by atoms with E-state index in [1.807, 2.05) is 6.92 Å². The third-order valence-corrected chi connectivity index (χ3v) is 5.84. The number of fused-ring (bicyclic) bond motifs is 1. The van der Waals surface area contributed by atoms with Crippen LogP contribution in [0.25, 0.3) is 10.9 Å². The van der Waals surface area contributed by atoms with Crippen LogP contribution in [0.4, 0.5) is 0 Å². The Morgan fingerprint density at radius 3 is 2.45 bits per heavy atom. The summed E-state index contributed by atoms with van der Waals surface area (Å²) in [5.74, 6) is 0. The van der Waals surface area contributed by atoms with E-state index in [2.05, 4.69) is 20.9 Å². The topological polar surface area (TPSA) is 71.9 Å². The van der Waals surface area contributed by atoms with E-state index in [0.29, 0.717) is 9.86 Å². The molecular weight excluding hydrogens is 368 g/mol. The molecule has 3 rings (SSSR count). The maximum Gasteiger partial charge on any atom is 0.274 e. The van der Waals surface area contributed by atoms with Gasteiger partial charge in [-0.25, -0.2) is 8.42 Å². The number of hydrogen-bond acceptors (Lipinski definition) is 3. The molecule has 0 fully saturated rings. The van der Waals surface area contributed by atoms with Gasteiger partial charge in [-0.1, -0.05) is 17.7 Å². The molecule has 2 aromatic heterocycles. The van der Waals surface area contributed by atoms with Gasteiger partial charge < -0.3 is 9.55 Å². The van der Waals surface area contributed by atoms with E-state index >= 15 is 0 Å². The van der Waals surface area contributed by atoms with Crippen LogP contribution < -0.4 is 5.56 Å². The van der Waals surface area contributed by atoms with Crippen LogP contribution in [0.1, 0.15) is 5.56 Å². The molecule has 0 spiro atoms. The van der Waals surface area contributed by atoms with E-state index in [9.17, 15) is 13.2 Å². The number of sulfone groups is 1. The third kappa shape index (κ3) is 2.30. The standard InChI is InChI=1S/C15H13BrN2O3S/c1-9-3-5-10(6-4-9)22(20,21)13-7-11-12(16)8-18(2)15(19)14(11)17-13/h3-8,17H,1-2H3. The van der Waals surface area contributed by atoms with Gasteiger partial charge in [0.2, 0.25) is 9.84 Å². The molecule has 0 saturated carbocycles. The van der Waals surface area contributed by atoms with Crippen molar-refractivity contribution in [1.82, 2.24) is 9.55 Å². The van der Waals surface area contributed by atoms with Crippen molar-refractivity contribution in [1.29, 1.82) is 0 Å². The minimum atomic E-state index is -3.69. The lowest BCUT2D eigenvalue weighted by atomic mass is 10.2. The van der Waals surface area contributed by atoms with Crippen molar-refractivity contribution in [3.63, 3.8) is 0 Å². The van der Waals surface area contributed by atoms with Crippen LogP contribution >= 0.6 is 15.9 Å². The summed E-state index contributed by atoms with van der Waals surface area (Å²) in [6, 6.07) is 8.08. The summed E-state index contributed by atoms with van der Waals surface area (Å²) in [6.07, 6.45) is 1.61. The number of aromatic nitrogens is 2. The molecule has 0 aliphatic carbocycles. The van der Waals surface area contributed by atoms with Crippen molar-refractivity contribution in [2.45, 2.75) is 16.8 Å². The average molecular weight is 381 g/mol. The van der Waals surface area contributed by atoms with E-state index < -0.39 is 9.84 Å². The molecule has 0 saturated heterocycles. The fraction of sp³-hybridized carbons (Fsp3) is 0.133. The lowest BCUT2D eigenvalue weighted by molar-refractivity contribution is 0.593. The van der Waals surface area contributed by atoms with Crippen LogP contribution in [0.15, 0.2) is 55.7 Å². The zero-order valence-corrected chi connectivity index (χ0v) is 14.3. The zero-order valence-electron chi connectivity index (χ0n) is 11.9. The van der Waals surface area contributed by atoms with Crippen LogP contribution in [0.3, 0.4) is 0 Å². The van der Waals surface area contributed by atoms with Gasteiger partial charge in [0.05, 0.1) is 4.90 Å². The van der Waals surface area contributed by atoms with Crippen molar-refractivity contribution in [2.24, 2.45) is 7.05 Å². The molecule has 0 unspecified atom stereocenters. The van der Waals surface area contributed by atoms with E-state index in [-0.39, 0.29) is 21.0 Å². The Morgan fingerprint density at radius 1 is 1.18 bits per heavy atom. The summed E-state index contributed by atoms with van der Waals surface area (Å²) in [5, 5.41) is 0.559. The number of halogens is 1. The molecule has 1 aromatic carbocycles. The van der Waals surface area contributed by atoms with Gasteiger partial charge in [-0.2, -0.15) is 0 Å². The highest BCUT2D eigenvalue weighted by Gasteiger charge is 2.21. The number of hydrogen-bond donors (Lipinski definition) is 1. The van der Waals surface area contributed by atoms with Crippen molar-refractivity contribution in [3.8, 4) is 0 Å². The lowest BCUT2D eigenvalue weighted by Crippen LogP contribution is -2.16. The maximum atomic E-state index is 12.7. The van der Waals surface area contributed by atoms with Gasteiger partial charge in [0.15, 0.2) is 0 Å². The number of aromatic amines is 1. The summed E-state index contributed by atoms with van der Waals surface area (Å²) >= 11 is 3.35. The Bertz CT molecular complexity index is 1030. The number of nitrogens with zero attached hydrogens (tertiary/aromatic N) is 1. The van der Waals surface area contributed by atoms with Crippen molar-refractivity contribution >= 4 is 36.7 Å². The molecule has 1 N–H and O–H groups in total. The zero-order chi connectivity index (χ0) is 16.1. The van der Waals surface area contributed by atoms with Gasteiger partial charge >= 0.3 is 0 Å². The second-order valence-corrected chi connectivity index (χ2v) is 7.90. The van der Waals surface area contributed by atoms with E-state index in [0.717, 1.165) is 5.56 Å². The predicted molar refractivity (Wildman–Crippen MR) is 87.9 cm³/mol. The Balaban J connectivity index is 2.26. The molecule has 0 aliphatic rings. The Morgan fingerprint density at radius 2 is 1.82 bits per heavy atom. The van der Waals surface area contributed by atoms with Crippen LogP contribution in [0.5, 0.6) is 0 Å². The van der Waals surface area contributed by atoms with Gasteiger partial charge in [-0.15, -0.1) is 0 Å². The van der Waals surface area contributed by atoms with Crippen LogP contribution in [0.2, 0.25) is 0 Å². The number of aryl methyl sites for hydroxylation is 2. The molecule has 22 heavy (non-hydrogen) atoms. The molecule has 2 heterocycles. The molecule has 3 aromatic rings. The molecule has 0 radical (unpaired) electrons. The summed E-state index contributed by atoms with van der Waals surface area (Å²) in [4.78, 5) is 15.1. The predicted octanol–water partition coefficient (Wildman–Crippen LogP) is 2.77. The van der Waals surface area contributed by atoms with Gasteiger partial charge in [0.1, 0.15) is 10.5 Å². The molecule has 0 aliphatic heterocycles. The highest BCUT2D eigenvalue weighted by atomic mass is 79.9. The second-order valence-electron chi connectivity index (χ2n) is 5.13. The number of rotatable bonds is 2. The van der Waals surface area contributed by atoms with E-state index in [4.69, 9.17) is 0 Å². The molecule has 114 valence electrons. The highest BCUT2D eigenvalue weighted by molar-refractivity contribution is 9.10. The Hall–Kier alpha value is -1.86. The quantitative estimate of drug-likeness (QED) is 0.742. The van der Waals surface area contributed by atoms with E-state index in [1.165, 1.54) is 10.6 Å². The summed E-state index contributed by atoms with van der Waals surface area (Å²) in [6.45, 7) is 1.89. The first-order chi connectivity index (χ1) is 10.3. The molecular formula is C15H13BrN2O3S. The second kappa shape index (κ2) is 5.10. The number of H-pyrrole nitrogens is 1. The first-order valence-electron chi connectivity index (χ1n) is 6.50. The minimum absolute atomic E-state index is 0.00959. The highest BCUT2D eigenvalue weighted by Crippen LogP contribution is 2.27. The minimum Gasteiger partial charge on any atom is -0.341 e. The molecule has 0 bridgehead atoms. The third-order valence-electron chi connectivity index (χ3n) is 3.51. The van der Waals surface area contributed by atoms with Crippen LogP contribution in [-0.2, 0) is 16.9 Å². The number of pyridine rings is 1. The fourth-order valence-electron chi connectivity index (χ4n) is 2.25. The molecule has 5 nitrogen and oxygen atoms in total. The first-order valence-corrected chi connectivity index (χ1v) is 8.78. The smallest absolute Gasteiger partial charge is 0.274 e. The van der Waals surface area contributed by atoms with Gasteiger partial charge in [-0.3, -0.25) is 4.79 Å². The Kier molecular flexibility index (Phi) is 3.49. The van der Waals surface area contributed by atoms with E-state index in [1.54, 1.807) is 37.5 Å². The monoisotopic (exact) mass is 380 g/mol. The van der Waals surface area contributed by atoms with Gasteiger partial charge in [0, 0.05) is 23.1 Å². The Labute approximate surface area is 135 Å².